The van der Waals surface area contributed by atoms with E-state index in [0.717, 1.165) is 30.9 Å². The van der Waals surface area contributed by atoms with Crippen molar-refractivity contribution in [2.45, 2.75) is 26.2 Å². The zero-order chi connectivity index (χ0) is 18.9. The number of hydrogen-bond donors (Lipinski definition) is 3. The predicted octanol–water partition coefficient (Wildman–Crippen LogP) is 3.90. The van der Waals surface area contributed by atoms with Crippen LogP contribution in [0.15, 0.2) is 66.7 Å². The second kappa shape index (κ2) is 11.7. The molecule has 3 aromatic carbocycles. The highest BCUT2D eigenvalue weighted by Crippen LogP contribution is 2.28. The Bertz CT molecular complexity index is 840. The largest absolute Gasteiger partial charge is 0.489 e. The second-order valence-electron chi connectivity index (χ2n) is 6.77. The number of ether oxygens (including phenoxy) is 1. The second-order valence-corrected chi connectivity index (χ2v) is 6.77. The highest BCUT2D eigenvalue weighted by molar-refractivity contribution is 5.87. The number of rotatable bonds is 10. The molecule has 5 heteroatoms. The molecular formula is C23H29ClN2O2. The van der Waals surface area contributed by atoms with Crippen LogP contribution in [0.3, 0.4) is 0 Å². The highest BCUT2D eigenvalue weighted by atomic mass is 35.5. The van der Waals surface area contributed by atoms with Crippen LogP contribution in [-0.4, -0.2) is 30.8 Å². The molecule has 0 amide bonds. The lowest BCUT2D eigenvalue weighted by molar-refractivity contribution is 0.191. The molecule has 1 unspecified atom stereocenters. The lowest BCUT2D eigenvalue weighted by Gasteiger charge is -2.15. The predicted molar refractivity (Wildman–Crippen MR) is 118 cm³/mol. The van der Waals surface area contributed by atoms with Gasteiger partial charge < -0.3 is 20.5 Å². The van der Waals surface area contributed by atoms with E-state index in [9.17, 15) is 5.11 Å². The molecule has 4 nitrogen and oxygen atoms in total. The van der Waals surface area contributed by atoms with Crippen molar-refractivity contribution in [1.29, 1.82) is 0 Å². The summed E-state index contributed by atoms with van der Waals surface area (Å²) in [6.07, 6.45) is -0.318. The van der Waals surface area contributed by atoms with Crippen LogP contribution in [0.1, 0.15) is 18.1 Å². The first-order valence-electron chi connectivity index (χ1n) is 9.51. The fourth-order valence-corrected chi connectivity index (χ4v) is 3.07. The van der Waals surface area contributed by atoms with Gasteiger partial charge in [0.25, 0.3) is 0 Å². The third kappa shape index (κ3) is 6.50. The Morgan fingerprint density at radius 1 is 0.893 bits per heavy atom. The van der Waals surface area contributed by atoms with Crippen LogP contribution >= 0.6 is 12.4 Å². The summed E-state index contributed by atoms with van der Waals surface area (Å²) >= 11 is 0. The van der Waals surface area contributed by atoms with Crippen molar-refractivity contribution in [2.75, 3.05) is 19.6 Å². The van der Waals surface area contributed by atoms with Crippen molar-refractivity contribution < 1.29 is 9.84 Å². The van der Waals surface area contributed by atoms with Gasteiger partial charge in [-0.2, -0.15) is 0 Å². The number of fused-ring (bicyclic) bond motifs is 1. The lowest BCUT2D eigenvalue weighted by Crippen LogP contribution is -2.31. The topological polar surface area (TPSA) is 53.5 Å². The average molecular weight is 401 g/mol. The molecule has 0 aliphatic heterocycles. The number of benzene rings is 3. The van der Waals surface area contributed by atoms with Gasteiger partial charge in [-0.15, -0.1) is 12.4 Å². The van der Waals surface area contributed by atoms with Crippen LogP contribution in [-0.2, 0) is 13.2 Å². The maximum absolute atomic E-state index is 9.30. The normalized spacial score (nSPS) is 11.8. The quantitative estimate of drug-likeness (QED) is 0.452. The summed E-state index contributed by atoms with van der Waals surface area (Å²) in [5, 5.41) is 18.4. The maximum Gasteiger partial charge on any atom is 0.124 e. The number of halogens is 1. The molecule has 28 heavy (non-hydrogen) atoms. The van der Waals surface area contributed by atoms with Gasteiger partial charge in [-0.05, 0) is 29.3 Å². The van der Waals surface area contributed by atoms with Gasteiger partial charge in [-0.25, -0.2) is 0 Å². The Hall–Kier alpha value is -2.11. The van der Waals surface area contributed by atoms with Crippen molar-refractivity contribution in [1.82, 2.24) is 10.6 Å². The highest BCUT2D eigenvalue weighted by Gasteiger charge is 2.09. The van der Waals surface area contributed by atoms with E-state index in [2.05, 4.69) is 59.2 Å². The monoisotopic (exact) mass is 400 g/mol. The van der Waals surface area contributed by atoms with Crippen molar-refractivity contribution in [3.63, 3.8) is 0 Å². The van der Waals surface area contributed by atoms with E-state index in [1.807, 2.05) is 18.2 Å². The minimum Gasteiger partial charge on any atom is -0.489 e. The Balaban J connectivity index is 0.00000280. The minimum atomic E-state index is -0.318. The first kappa shape index (κ1) is 22.2. The van der Waals surface area contributed by atoms with Crippen molar-refractivity contribution in [3.8, 4) is 5.75 Å². The number of aliphatic hydroxyl groups is 1. The van der Waals surface area contributed by atoms with Gasteiger partial charge in [0.1, 0.15) is 12.4 Å². The number of nitrogens with one attached hydrogen (secondary N) is 2. The fourth-order valence-electron chi connectivity index (χ4n) is 3.07. The average Bonchev–Trinajstić information content (AvgIpc) is 2.70. The molecule has 0 spiro atoms. The third-order valence-electron chi connectivity index (χ3n) is 4.45. The summed E-state index contributed by atoms with van der Waals surface area (Å²) in [5.41, 5.74) is 2.34. The van der Waals surface area contributed by atoms with E-state index in [4.69, 9.17) is 4.74 Å². The van der Waals surface area contributed by atoms with Gasteiger partial charge >= 0.3 is 0 Å². The van der Waals surface area contributed by atoms with Crippen LogP contribution in [0.4, 0.5) is 0 Å². The zero-order valence-corrected chi connectivity index (χ0v) is 17.0. The van der Waals surface area contributed by atoms with Crippen molar-refractivity contribution in [3.05, 3.63) is 77.9 Å². The first-order chi connectivity index (χ1) is 13.2. The molecule has 0 saturated carbocycles. The molecule has 0 fully saturated rings. The van der Waals surface area contributed by atoms with Gasteiger partial charge in [0.2, 0.25) is 0 Å². The lowest BCUT2D eigenvalue weighted by atomic mass is 10.0. The molecule has 0 aliphatic rings. The summed E-state index contributed by atoms with van der Waals surface area (Å²) < 4.78 is 6.15. The van der Waals surface area contributed by atoms with Crippen molar-refractivity contribution in [2.24, 2.45) is 0 Å². The molecule has 1 atom stereocenters. The van der Waals surface area contributed by atoms with Crippen LogP contribution < -0.4 is 15.4 Å². The Kier molecular flexibility index (Phi) is 9.24. The Morgan fingerprint density at radius 2 is 1.61 bits per heavy atom. The van der Waals surface area contributed by atoms with E-state index in [-0.39, 0.29) is 18.5 Å². The molecule has 3 rings (SSSR count). The molecule has 150 valence electrons. The van der Waals surface area contributed by atoms with Crippen LogP contribution in [0.5, 0.6) is 5.75 Å². The molecular weight excluding hydrogens is 372 g/mol. The van der Waals surface area contributed by atoms with Gasteiger partial charge in [-0.1, -0.05) is 60.7 Å². The maximum atomic E-state index is 9.30. The first-order valence-corrected chi connectivity index (χ1v) is 9.51. The summed E-state index contributed by atoms with van der Waals surface area (Å²) in [6.45, 7) is 5.34. The smallest absolute Gasteiger partial charge is 0.124 e. The summed E-state index contributed by atoms with van der Waals surface area (Å²) in [7, 11) is 0. The standard InChI is InChI=1S/C23H28N2O2.ClH/c1-18(26)15-24-13-14-25-16-22-21-10-6-5-9-20(21)11-12-23(22)27-17-19-7-3-2-4-8-19;/h2-12,18,24-26H,13-17H2,1H3;1H. The van der Waals surface area contributed by atoms with Gasteiger partial charge in [0, 0.05) is 31.7 Å². The van der Waals surface area contributed by atoms with E-state index >= 15 is 0 Å². The SMILES string of the molecule is CC(O)CNCCNCc1c(OCc2ccccc2)ccc2ccccc12.Cl. The minimum absolute atomic E-state index is 0. The third-order valence-corrected chi connectivity index (χ3v) is 4.45. The molecule has 0 aromatic heterocycles. The molecule has 0 heterocycles. The summed E-state index contributed by atoms with van der Waals surface area (Å²) in [5.74, 6) is 0.919. The van der Waals surface area contributed by atoms with Crippen molar-refractivity contribution >= 4 is 23.2 Å². The molecule has 0 aliphatic carbocycles. The van der Waals surface area contributed by atoms with Gasteiger partial charge in [0.05, 0.1) is 6.10 Å². The molecule has 3 aromatic rings. The number of hydrogen-bond acceptors (Lipinski definition) is 4. The van der Waals surface area contributed by atoms with Gasteiger partial charge in [0.15, 0.2) is 0 Å². The molecule has 3 N–H and O–H groups in total. The van der Waals surface area contributed by atoms with Gasteiger partial charge in [-0.3, -0.25) is 0 Å². The Morgan fingerprint density at radius 3 is 2.39 bits per heavy atom. The zero-order valence-electron chi connectivity index (χ0n) is 16.2. The number of aliphatic hydroxyl groups excluding tert-OH is 1. The summed E-state index contributed by atoms with van der Waals surface area (Å²) in [6, 6.07) is 22.8. The van der Waals surface area contributed by atoms with E-state index in [0.29, 0.717) is 13.2 Å². The van der Waals surface area contributed by atoms with E-state index < -0.39 is 0 Å². The summed E-state index contributed by atoms with van der Waals surface area (Å²) in [4.78, 5) is 0. The molecule has 0 saturated heterocycles. The Labute approximate surface area is 173 Å². The molecule has 0 radical (unpaired) electrons. The molecule has 0 bridgehead atoms. The fraction of sp³-hybridized carbons (Fsp3) is 0.304. The van der Waals surface area contributed by atoms with Crippen LogP contribution in [0.2, 0.25) is 0 Å². The van der Waals surface area contributed by atoms with E-state index in [1.54, 1.807) is 6.92 Å². The van der Waals surface area contributed by atoms with Crippen LogP contribution in [0, 0.1) is 0 Å². The van der Waals surface area contributed by atoms with Crippen LogP contribution in [0.25, 0.3) is 10.8 Å². The van der Waals surface area contributed by atoms with E-state index in [1.165, 1.54) is 16.3 Å².